The van der Waals surface area contributed by atoms with Crippen LogP contribution in [0.25, 0.3) is 0 Å². The molecule has 17 heavy (non-hydrogen) atoms. The predicted molar refractivity (Wildman–Crippen MR) is 64.7 cm³/mol. The van der Waals surface area contributed by atoms with E-state index in [1.54, 1.807) is 0 Å². The largest absolute Gasteiger partial charge is 0.409 e. The van der Waals surface area contributed by atoms with Crippen LogP contribution in [0, 0.1) is 10.8 Å². The van der Waals surface area contributed by atoms with Gasteiger partial charge in [0, 0.05) is 13.1 Å². The fraction of sp³-hybridized carbons (Fsp3) is 0.833. The smallest absolute Gasteiger partial charge is 0.236 e. The molecule has 1 aliphatic carbocycles. The Hall–Kier alpha value is -1.26. The number of amides is 1. The topological polar surface area (TPSA) is 78.9 Å². The summed E-state index contributed by atoms with van der Waals surface area (Å²) in [6.45, 7) is 5.88. The van der Waals surface area contributed by atoms with Crippen molar-refractivity contribution in [2.45, 2.75) is 39.5 Å². The molecule has 5 heteroatoms. The van der Waals surface area contributed by atoms with E-state index in [4.69, 9.17) is 10.9 Å². The van der Waals surface area contributed by atoms with E-state index in [0.717, 1.165) is 25.9 Å². The lowest BCUT2D eigenvalue weighted by atomic mass is 9.67. The van der Waals surface area contributed by atoms with Crippen LogP contribution >= 0.6 is 0 Å². The molecule has 3 N–H and O–H groups in total. The summed E-state index contributed by atoms with van der Waals surface area (Å²) in [5.41, 5.74) is 5.17. The molecule has 1 heterocycles. The average Bonchev–Trinajstić information content (AvgIpc) is 2.56. The molecule has 1 saturated heterocycles. The Labute approximate surface area is 102 Å². The van der Waals surface area contributed by atoms with Crippen LogP contribution in [-0.4, -0.2) is 34.9 Å². The lowest BCUT2D eigenvalue weighted by Crippen LogP contribution is -2.54. The number of oxime groups is 1. The first kappa shape index (κ1) is 12.2. The molecule has 0 atom stereocenters. The first-order valence-corrected chi connectivity index (χ1v) is 6.19. The number of carbonyl (C=O) groups is 1. The van der Waals surface area contributed by atoms with Crippen LogP contribution in [0.4, 0.5) is 0 Å². The normalized spacial score (nSPS) is 26.7. The zero-order valence-corrected chi connectivity index (χ0v) is 10.6. The van der Waals surface area contributed by atoms with Gasteiger partial charge in [-0.15, -0.1) is 0 Å². The van der Waals surface area contributed by atoms with Crippen molar-refractivity contribution >= 4 is 11.7 Å². The van der Waals surface area contributed by atoms with Gasteiger partial charge in [0.25, 0.3) is 0 Å². The predicted octanol–water partition coefficient (Wildman–Crippen LogP) is 1.16. The van der Waals surface area contributed by atoms with Crippen molar-refractivity contribution in [2.24, 2.45) is 21.7 Å². The Kier molecular flexibility index (Phi) is 2.79. The Balaban J connectivity index is 2.14. The minimum atomic E-state index is -0.713. The summed E-state index contributed by atoms with van der Waals surface area (Å²) in [5.74, 6) is 0.128. The van der Waals surface area contributed by atoms with Gasteiger partial charge < -0.3 is 15.8 Å². The molecule has 1 saturated carbocycles. The van der Waals surface area contributed by atoms with Gasteiger partial charge >= 0.3 is 0 Å². The number of likely N-dealkylation sites (tertiary alicyclic amines) is 1. The van der Waals surface area contributed by atoms with Crippen LogP contribution < -0.4 is 5.73 Å². The van der Waals surface area contributed by atoms with Crippen LogP contribution in [0.15, 0.2) is 5.16 Å². The monoisotopic (exact) mass is 239 g/mol. The molecule has 0 unspecified atom stereocenters. The average molecular weight is 239 g/mol. The van der Waals surface area contributed by atoms with Gasteiger partial charge in [0.1, 0.15) is 5.41 Å². The molecule has 1 amide bonds. The van der Waals surface area contributed by atoms with Gasteiger partial charge in [0.05, 0.1) is 0 Å². The molecule has 96 valence electrons. The Morgan fingerprint density at radius 2 is 2.00 bits per heavy atom. The standard InChI is InChI=1S/C12H21N3O2/c1-11(2)6-7-15(8-11)10(16)12(4-3-5-12)9(13)14-17/h17H,3-8H2,1-2H3,(H2,13,14). The Morgan fingerprint density at radius 3 is 2.35 bits per heavy atom. The minimum absolute atomic E-state index is 0.0459. The van der Waals surface area contributed by atoms with E-state index in [-0.39, 0.29) is 17.2 Å². The van der Waals surface area contributed by atoms with Crippen molar-refractivity contribution in [3.8, 4) is 0 Å². The van der Waals surface area contributed by atoms with Gasteiger partial charge in [-0.2, -0.15) is 0 Å². The number of nitrogens with zero attached hydrogens (tertiary/aromatic N) is 2. The maximum absolute atomic E-state index is 12.5. The van der Waals surface area contributed by atoms with Gasteiger partial charge in [-0.25, -0.2) is 0 Å². The number of carbonyl (C=O) groups excluding carboxylic acids is 1. The van der Waals surface area contributed by atoms with Crippen molar-refractivity contribution in [1.82, 2.24) is 4.90 Å². The summed E-state index contributed by atoms with van der Waals surface area (Å²) in [7, 11) is 0. The molecule has 0 aromatic rings. The Morgan fingerprint density at radius 1 is 1.35 bits per heavy atom. The van der Waals surface area contributed by atoms with E-state index < -0.39 is 5.41 Å². The summed E-state index contributed by atoms with van der Waals surface area (Å²) in [5, 5.41) is 11.9. The fourth-order valence-corrected chi connectivity index (χ4v) is 2.79. The van der Waals surface area contributed by atoms with Crippen LogP contribution in [0.2, 0.25) is 0 Å². The third-order valence-electron chi connectivity index (χ3n) is 4.18. The zero-order chi connectivity index (χ0) is 12.7. The lowest BCUT2D eigenvalue weighted by molar-refractivity contribution is -0.141. The van der Waals surface area contributed by atoms with E-state index in [0.29, 0.717) is 12.8 Å². The SMILES string of the molecule is CC1(C)CCN(C(=O)C2(C(N)=NO)CCC2)C1. The molecule has 2 aliphatic rings. The van der Waals surface area contributed by atoms with Gasteiger partial charge in [-0.1, -0.05) is 25.4 Å². The summed E-state index contributed by atoms with van der Waals surface area (Å²) < 4.78 is 0. The summed E-state index contributed by atoms with van der Waals surface area (Å²) in [4.78, 5) is 14.4. The van der Waals surface area contributed by atoms with Crippen LogP contribution in [-0.2, 0) is 4.79 Å². The van der Waals surface area contributed by atoms with E-state index >= 15 is 0 Å². The second kappa shape index (κ2) is 3.89. The van der Waals surface area contributed by atoms with Gasteiger partial charge in [-0.05, 0) is 24.7 Å². The highest BCUT2D eigenvalue weighted by atomic mass is 16.4. The van der Waals surface area contributed by atoms with Crippen molar-refractivity contribution in [3.05, 3.63) is 0 Å². The fourth-order valence-electron chi connectivity index (χ4n) is 2.79. The van der Waals surface area contributed by atoms with Gasteiger partial charge in [-0.3, -0.25) is 4.79 Å². The maximum Gasteiger partial charge on any atom is 0.236 e. The number of rotatable bonds is 2. The van der Waals surface area contributed by atoms with E-state index in [2.05, 4.69) is 19.0 Å². The number of hydrogen-bond donors (Lipinski definition) is 2. The quantitative estimate of drug-likeness (QED) is 0.328. The molecular weight excluding hydrogens is 218 g/mol. The van der Waals surface area contributed by atoms with Crippen molar-refractivity contribution in [3.63, 3.8) is 0 Å². The summed E-state index contributed by atoms with van der Waals surface area (Å²) in [6.07, 6.45) is 3.40. The number of amidine groups is 1. The second-order valence-electron chi connectivity index (χ2n) is 6.06. The molecule has 5 nitrogen and oxygen atoms in total. The molecule has 0 spiro atoms. The number of nitrogens with two attached hydrogens (primary N) is 1. The Bertz CT molecular complexity index is 359. The van der Waals surface area contributed by atoms with Crippen molar-refractivity contribution in [1.29, 1.82) is 0 Å². The second-order valence-corrected chi connectivity index (χ2v) is 6.06. The van der Waals surface area contributed by atoms with Crippen molar-refractivity contribution < 1.29 is 10.0 Å². The van der Waals surface area contributed by atoms with Crippen molar-refractivity contribution in [2.75, 3.05) is 13.1 Å². The third-order valence-corrected chi connectivity index (χ3v) is 4.18. The lowest BCUT2D eigenvalue weighted by Gasteiger charge is -2.41. The summed E-state index contributed by atoms with van der Waals surface area (Å²) in [6, 6.07) is 0. The molecule has 0 radical (unpaired) electrons. The minimum Gasteiger partial charge on any atom is -0.409 e. The van der Waals surface area contributed by atoms with Crippen LogP contribution in [0.1, 0.15) is 39.5 Å². The first-order valence-electron chi connectivity index (χ1n) is 6.19. The first-order chi connectivity index (χ1) is 7.91. The molecular formula is C12H21N3O2. The van der Waals surface area contributed by atoms with E-state index in [9.17, 15) is 4.79 Å². The van der Waals surface area contributed by atoms with Gasteiger partial charge in [0.15, 0.2) is 5.84 Å². The van der Waals surface area contributed by atoms with Crippen LogP contribution in [0.3, 0.4) is 0 Å². The molecule has 0 bridgehead atoms. The van der Waals surface area contributed by atoms with Crippen LogP contribution in [0.5, 0.6) is 0 Å². The van der Waals surface area contributed by atoms with E-state index in [1.807, 2.05) is 4.90 Å². The molecule has 1 aliphatic heterocycles. The number of hydrogen-bond acceptors (Lipinski definition) is 3. The highest BCUT2D eigenvalue weighted by molar-refractivity contribution is 6.07. The highest BCUT2D eigenvalue weighted by Gasteiger charge is 2.51. The molecule has 0 aromatic heterocycles. The highest BCUT2D eigenvalue weighted by Crippen LogP contribution is 2.44. The maximum atomic E-state index is 12.5. The molecule has 2 rings (SSSR count). The molecule has 0 aromatic carbocycles. The van der Waals surface area contributed by atoms with Gasteiger partial charge in [0.2, 0.25) is 5.91 Å². The van der Waals surface area contributed by atoms with E-state index in [1.165, 1.54) is 0 Å². The third kappa shape index (κ3) is 1.87. The zero-order valence-electron chi connectivity index (χ0n) is 10.6. The molecule has 2 fully saturated rings. The summed E-state index contributed by atoms with van der Waals surface area (Å²) >= 11 is 0.